The number of hydrogen-bond donors (Lipinski definition) is 0. The predicted octanol–water partition coefficient (Wildman–Crippen LogP) is 7.12. The lowest BCUT2D eigenvalue weighted by Gasteiger charge is -2.38. The molecule has 0 saturated carbocycles. The zero-order valence-corrected chi connectivity index (χ0v) is 20.2. The van der Waals surface area contributed by atoms with Crippen molar-refractivity contribution in [3.05, 3.63) is 47.6 Å². The minimum absolute atomic E-state index is 0.000252. The topological polar surface area (TPSA) is 39.2 Å². The highest BCUT2D eigenvalue weighted by Crippen LogP contribution is 2.39. The molecular formula is C24H38FNO2Si. The number of nitrogens with zero attached hydrogens (tertiary/aromatic N) is 1. The molecule has 0 unspecified atom stereocenters. The molecule has 3 nitrogen and oxygen atoms in total. The Morgan fingerprint density at radius 3 is 2.55 bits per heavy atom. The fraction of sp³-hybridized carbons (Fsp3) is 0.583. The van der Waals surface area contributed by atoms with Crippen molar-refractivity contribution in [2.24, 2.45) is 5.92 Å². The Bertz CT molecular complexity index is 693. The van der Waals surface area contributed by atoms with E-state index in [2.05, 4.69) is 51.8 Å². The van der Waals surface area contributed by atoms with Crippen molar-refractivity contribution in [1.82, 2.24) is 4.98 Å². The number of carbonyl (C=O) groups is 1. The normalized spacial score (nSPS) is 15.9. The van der Waals surface area contributed by atoms with E-state index in [4.69, 9.17) is 4.43 Å². The van der Waals surface area contributed by atoms with Gasteiger partial charge in [0.15, 0.2) is 8.32 Å². The van der Waals surface area contributed by atoms with Crippen molar-refractivity contribution in [3.8, 4) is 0 Å². The van der Waals surface area contributed by atoms with Crippen LogP contribution in [-0.2, 0) is 9.22 Å². The maximum absolute atomic E-state index is 15.2. The first-order chi connectivity index (χ1) is 13.5. The van der Waals surface area contributed by atoms with Gasteiger partial charge in [-0.3, -0.25) is 4.98 Å². The molecule has 0 radical (unpaired) electrons. The van der Waals surface area contributed by atoms with Gasteiger partial charge in [0.25, 0.3) is 0 Å². The Kier molecular flexibility index (Phi) is 10.1. The van der Waals surface area contributed by atoms with Crippen molar-refractivity contribution < 1.29 is 13.6 Å². The monoisotopic (exact) mass is 419 g/mol. The Balaban J connectivity index is 2.94. The van der Waals surface area contributed by atoms with E-state index in [1.54, 1.807) is 12.3 Å². The second kappa shape index (κ2) is 11.6. The highest BCUT2D eigenvalue weighted by atomic mass is 28.4. The number of aldehydes is 1. The van der Waals surface area contributed by atoms with Gasteiger partial charge >= 0.3 is 0 Å². The van der Waals surface area contributed by atoms with E-state index in [-0.39, 0.29) is 16.8 Å². The molecule has 1 heterocycles. The average Bonchev–Trinajstić information content (AvgIpc) is 2.64. The van der Waals surface area contributed by atoms with Gasteiger partial charge in [-0.2, -0.15) is 0 Å². The fourth-order valence-corrected chi connectivity index (χ4v) is 3.90. The van der Waals surface area contributed by atoms with Crippen LogP contribution in [0.4, 0.5) is 4.39 Å². The van der Waals surface area contributed by atoms with Gasteiger partial charge in [-0.05, 0) is 68.9 Å². The van der Waals surface area contributed by atoms with Crippen LogP contribution in [0.1, 0.15) is 66.0 Å². The molecule has 0 aliphatic rings. The molecule has 0 bridgehead atoms. The quantitative estimate of drug-likeness (QED) is 0.218. The first-order valence-corrected chi connectivity index (χ1v) is 13.4. The summed E-state index contributed by atoms with van der Waals surface area (Å²) in [5.41, 5.74) is 1.80. The minimum atomic E-state index is -2.13. The second-order valence-corrected chi connectivity index (χ2v) is 14.2. The molecule has 0 amide bonds. The SMILES string of the molecule is C/C(=C\C[C@H](O[Si](C)(C)C(C)(C)C)/C(F)=C/c1ccccn1)CCC[C@H](C)C=O. The van der Waals surface area contributed by atoms with Gasteiger partial charge in [-0.1, -0.05) is 45.4 Å². The molecule has 1 rings (SSSR count). The van der Waals surface area contributed by atoms with E-state index in [1.807, 2.05) is 19.1 Å². The number of aromatic nitrogens is 1. The summed E-state index contributed by atoms with van der Waals surface area (Å²) in [6.07, 6.45) is 8.86. The average molecular weight is 420 g/mol. The first-order valence-electron chi connectivity index (χ1n) is 10.5. The molecule has 29 heavy (non-hydrogen) atoms. The van der Waals surface area contributed by atoms with E-state index >= 15 is 4.39 Å². The van der Waals surface area contributed by atoms with Crippen LogP contribution in [0, 0.1) is 5.92 Å². The Morgan fingerprint density at radius 2 is 2.00 bits per heavy atom. The molecule has 0 aromatic carbocycles. The maximum Gasteiger partial charge on any atom is 0.193 e. The Morgan fingerprint density at radius 1 is 1.31 bits per heavy atom. The van der Waals surface area contributed by atoms with Crippen molar-refractivity contribution >= 4 is 20.7 Å². The van der Waals surface area contributed by atoms with Crippen LogP contribution in [0.25, 0.3) is 6.08 Å². The number of allylic oxidation sites excluding steroid dienone is 1. The summed E-state index contributed by atoms with van der Waals surface area (Å²) in [6, 6.07) is 5.45. The summed E-state index contributed by atoms with van der Waals surface area (Å²) >= 11 is 0. The van der Waals surface area contributed by atoms with Gasteiger partial charge in [0.1, 0.15) is 18.2 Å². The fourth-order valence-electron chi connectivity index (χ4n) is 2.63. The van der Waals surface area contributed by atoms with Crippen LogP contribution >= 0.6 is 0 Å². The summed E-state index contributed by atoms with van der Waals surface area (Å²) in [5, 5.41) is 0.000252. The number of pyridine rings is 1. The molecule has 5 heteroatoms. The molecule has 0 N–H and O–H groups in total. The summed E-state index contributed by atoms with van der Waals surface area (Å²) in [7, 11) is -2.13. The lowest BCUT2D eigenvalue weighted by molar-refractivity contribution is -0.110. The van der Waals surface area contributed by atoms with E-state index in [0.717, 1.165) is 25.5 Å². The van der Waals surface area contributed by atoms with E-state index < -0.39 is 14.4 Å². The van der Waals surface area contributed by atoms with Gasteiger partial charge in [0.05, 0.1) is 5.69 Å². The van der Waals surface area contributed by atoms with Crippen molar-refractivity contribution in [3.63, 3.8) is 0 Å². The van der Waals surface area contributed by atoms with Crippen molar-refractivity contribution in [2.75, 3.05) is 0 Å². The third-order valence-corrected chi connectivity index (χ3v) is 10.2. The molecule has 1 aromatic heterocycles. The minimum Gasteiger partial charge on any atom is -0.407 e. The molecule has 0 aliphatic heterocycles. The largest absolute Gasteiger partial charge is 0.407 e. The molecule has 162 valence electrons. The Labute approximate surface area is 177 Å². The summed E-state index contributed by atoms with van der Waals surface area (Å²) in [4.78, 5) is 15.0. The molecular weight excluding hydrogens is 381 g/mol. The van der Waals surface area contributed by atoms with Crippen LogP contribution in [0.5, 0.6) is 0 Å². The number of carbonyl (C=O) groups excluding carboxylic acids is 1. The van der Waals surface area contributed by atoms with E-state index in [9.17, 15) is 4.79 Å². The van der Waals surface area contributed by atoms with Crippen LogP contribution < -0.4 is 0 Å². The van der Waals surface area contributed by atoms with Crippen LogP contribution in [0.2, 0.25) is 18.1 Å². The molecule has 2 atom stereocenters. The highest BCUT2D eigenvalue weighted by molar-refractivity contribution is 6.74. The molecule has 0 spiro atoms. The van der Waals surface area contributed by atoms with Crippen molar-refractivity contribution in [2.45, 2.75) is 84.5 Å². The lowest BCUT2D eigenvalue weighted by atomic mass is 10.0. The van der Waals surface area contributed by atoms with Gasteiger partial charge in [0.2, 0.25) is 0 Å². The molecule has 0 saturated heterocycles. The zero-order valence-electron chi connectivity index (χ0n) is 19.2. The van der Waals surface area contributed by atoms with Crippen LogP contribution in [0.3, 0.4) is 0 Å². The summed E-state index contributed by atoms with van der Waals surface area (Å²) in [6.45, 7) is 14.8. The van der Waals surface area contributed by atoms with E-state index in [1.165, 1.54) is 11.6 Å². The van der Waals surface area contributed by atoms with E-state index in [0.29, 0.717) is 12.1 Å². The van der Waals surface area contributed by atoms with Gasteiger partial charge < -0.3 is 9.22 Å². The van der Waals surface area contributed by atoms with Gasteiger partial charge in [0, 0.05) is 12.1 Å². The van der Waals surface area contributed by atoms with Crippen LogP contribution in [0.15, 0.2) is 41.9 Å². The maximum atomic E-state index is 15.2. The second-order valence-electron chi connectivity index (χ2n) is 9.44. The number of rotatable bonds is 11. The first kappa shape index (κ1) is 25.4. The number of halogens is 1. The van der Waals surface area contributed by atoms with Crippen LogP contribution in [-0.4, -0.2) is 25.7 Å². The smallest absolute Gasteiger partial charge is 0.193 e. The Hall–Kier alpha value is -1.59. The van der Waals surface area contributed by atoms with Crippen molar-refractivity contribution in [1.29, 1.82) is 0 Å². The number of hydrogen-bond acceptors (Lipinski definition) is 3. The zero-order chi connectivity index (χ0) is 22.1. The highest BCUT2D eigenvalue weighted by Gasteiger charge is 2.39. The lowest BCUT2D eigenvalue weighted by Crippen LogP contribution is -2.44. The predicted molar refractivity (Wildman–Crippen MR) is 123 cm³/mol. The standard InChI is InChI=1S/C24H38FNO2Si/c1-19(11-10-12-20(2)18-27)14-15-23(28-29(6,7)24(3,4)5)22(25)17-21-13-8-9-16-26-21/h8-9,13-14,16-18,20,23H,10-12,15H2,1-7H3/b19-14+,22-17-/t20-,23-/m0/s1. The molecule has 0 aliphatic carbocycles. The van der Waals surface area contributed by atoms with Gasteiger partial charge in [-0.25, -0.2) is 4.39 Å². The van der Waals surface area contributed by atoms with Gasteiger partial charge in [-0.15, -0.1) is 0 Å². The third kappa shape index (κ3) is 9.17. The molecule has 1 aromatic rings. The molecule has 0 fully saturated rings. The summed E-state index contributed by atoms with van der Waals surface area (Å²) in [5.74, 6) is -0.191. The summed E-state index contributed by atoms with van der Waals surface area (Å²) < 4.78 is 21.6. The third-order valence-electron chi connectivity index (χ3n) is 5.67.